The van der Waals surface area contributed by atoms with Crippen LogP contribution in [0.5, 0.6) is 0 Å². The lowest BCUT2D eigenvalue weighted by atomic mass is 10.3. The summed E-state index contributed by atoms with van der Waals surface area (Å²) in [5, 5.41) is 7.91. The first-order valence-corrected chi connectivity index (χ1v) is 9.03. The summed E-state index contributed by atoms with van der Waals surface area (Å²) in [6.45, 7) is 1.61. The number of hydrogen-bond acceptors (Lipinski definition) is 5. The third-order valence-corrected chi connectivity index (χ3v) is 5.91. The van der Waals surface area contributed by atoms with Gasteiger partial charge in [0.2, 0.25) is 14.9 Å². The molecular weight excluding hydrogens is 371 g/mol. The molecule has 2 aromatic carbocycles. The Kier molecular flexibility index (Phi) is 4.25. The van der Waals surface area contributed by atoms with Gasteiger partial charge in [0.15, 0.2) is 0 Å². The van der Waals surface area contributed by atoms with Crippen LogP contribution in [-0.2, 0) is 9.84 Å². The maximum Gasteiger partial charge on any atom is 0.229 e. The number of aromatic nitrogens is 3. The van der Waals surface area contributed by atoms with Crippen molar-refractivity contribution in [3.63, 3.8) is 0 Å². The molecular formula is C15H12Cl2N4O2S. The third kappa shape index (κ3) is 2.86. The summed E-state index contributed by atoms with van der Waals surface area (Å²) in [4.78, 5) is -0.107. The molecule has 0 fully saturated rings. The van der Waals surface area contributed by atoms with Crippen LogP contribution in [-0.4, -0.2) is 23.4 Å². The molecule has 9 heteroatoms. The van der Waals surface area contributed by atoms with Crippen molar-refractivity contribution in [2.24, 2.45) is 0 Å². The summed E-state index contributed by atoms with van der Waals surface area (Å²) in [6.07, 6.45) is 0. The van der Waals surface area contributed by atoms with E-state index >= 15 is 0 Å². The molecule has 0 atom stereocenters. The fourth-order valence-electron chi connectivity index (χ4n) is 2.21. The van der Waals surface area contributed by atoms with Crippen molar-refractivity contribution in [2.75, 3.05) is 5.73 Å². The van der Waals surface area contributed by atoms with E-state index in [4.69, 9.17) is 28.9 Å². The number of halogens is 2. The Hall–Kier alpha value is -2.09. The van der Waals surface area contributed by atoms with E-state index < -0.39 is 9.84 Å². The zero-order valence-corrected chi connectivity index (χ0v) is 14.8. The Morgan fingerprint density at radius 1 is 1.08 bits per heavy atom. The van der Waals surface area contributed by atoms with Gasteiger partial charge in [0.05, 0.1) is 21.3 Å². The quantitative estimate of drug-likeness (QED) is 0.701. The number of nitrogens with two attached hydrogens (primary N) is 1. The minimum atomic E-state index is -3.95. The molecule has 0 aliphatic rings. The van der Waals surface area contributed by atoms with Gasteiger partial charge < -0.3 is 5.73 Å². The summed E-state index contributed by atoms with van der Waals surface area (Å²) >= 11 is 11.9. The molecule has 0 bridgehead atoms. The molecule has 0 aliphatic heterocycles. The first-order valence-electron chi connectivity index (χ1n) is 6.79. The predicted molar refractivity (Wildman–Crippen MR) is 92.4 cm³/mol. The second-order valence-corrected chi connectivity index (χ2v) is 7.74. The average molecular weight is 383 g/mol. The molecule has 0 aliphatic carbocycles. The first-order chi connectivity index (χ1) is 11.3. The highest BCUT2D eigenvalue weighted by Gasteiger charge is 2.28. The van der Waals surface area contributed by atoms with Crippen molar-refractivity contribution in [3.05, 3.63) is 58.2 Å². The topological polar surface area (TPSA) is 90.9 Å². The van der Waals surface area contributed by atoms with Gasteiger partial charge in [0.25, 0.3) is 0 Å². The van der Waals surface area contributed by atoms with Crippen LogP contribution in [0.1, 0.15) is 5.69 Å². The molecule has 0 radical (unpaired) electrons. The number of anilines is 1. The minimum Gasteiger partial charge on any atom is -0.399 e. The monoisotopic (exact) mass is 382 g/mol. The molecule has 124 valence electrons. The van der Waals surface area contributed by atoms with Crippen LogP contribution in [0.3, 0.4) is 0 Å². The molecule has 0 amide bonds. The van der Waals surface area contributed by atoms with E-state index in [1.54, 1.807) is 31.2 Å². The number of hydrogen-bond donors (Lipinski definition) is 1. The molecule has 0 spiro atoms. The van der Waals surface area contributed by atoms with E-state index in [9.17, 15) is 8.42 Å². The van der Waals surface area contributed by atoms with E-state index in [0.29, 0.717) is 17.1 Å². The maximum atomic E-state index is 12.8. The number of benzene rings is 2. The molecule has 24 heavy (non-hydrogen) atoms. The van der Waals surface area contributed by atoms with Crippen molar-refractivity contribution >= 4 is 38.7 Å². The van der Waals surface area contributed by atoms with Crippen molar-refractivity contribution in [1.29, 1.82) is 0 Å². The van der Waals surface area contributed by atoms with Gasteiger partial charge in [0, 0.05) is 10.7 Å². The standard InChI is InChI=1S/C15H12Cl2N4O2S/c1-9-15(19-20-21(9)12-5-3-11(18)4-6-12)24(22,23)14-8-10(16)2-7-13(14)17/h2-8H,18H2,1H3. The SMILES string of the molecule is Cc1c(S(=O)(=O)c2cc(Cl)ccc2Cl)nnn1-c1ccc(N)cc1. The average Bonchev–Trinajstić information content (AvgIpc) is 2.93. The fourth-order valence-corrected chi connectivity index (χ4v) is 4.31. The van der Waals surface area contributed by atoms with Crippen molar-refractivity contribution in [1.82, 2.24) is 15.0 Å². The van der Waals surface area contributed by atoms with Gasteiger partial charge in [-0.05, 0) is 49.4 Å². The zero-order valence-electron chi connectivity index (χ0n) is 12.4. The van der Waals surface area contributed by atoms with Crippen LogP contribution in [0.4, 0.5) is 5.69 Å². The van der Waals surface area contributed by atoms with Gasteiger partial charge in [0.1, 0.15) is 0 Å². The lowest BCUT2D eigenvalue weighted by Gasteiger charge is -2.07. The second-order valence-electron chi connectivity index (χ2n) is 5.06. The lowest BCUT2D eigenvalue weighted by Crippen LogP contribution is -2.06. The molecule has 0 saturated carbocycles. The van der Waals surface area contributed by atoms with Gasteiger partial charge in [-0.3, -0.25) is 0 Å². The Bertz CT molecular complexity index is 1010. The fraction of sp³-hybridized carbons (Fsp3) is 0.0667. The summed E-state index contributed by atoms with van der Waals surface area (Å²) < 4.78 is 27.1. The van der Waals surface area contributed by atoms with E-state index in [1.807, 2.05) is 0 Å². The van der Waals surface area contributed by atoms with Gasteiger partial charge in [-0.25, -0.2) is 13.1 Å². The van der Waals surface area contributed by atoms with Crippen LogP contribution >= 0.6 is 23.2 Å². The summed E-state index contributed by atoms with van der Waals surface area (Å²) in [7, 11) is -3.95. The van der Waals surface area contributed by atoms with Crippen molar-refractivity contribution in [2.45, 2.75) is 16.8 Å². The Morgan fingerprint density at radius 3 is 2.42 bits per heavy atom. The number of nitrogens with zero attached hydrogens (tertiary/aromatic N) is 3. The van der Waals surface area contributed by atoms with Crippen LogP contribution in [0, 0.1) is 6.92 Å². The summed E-state index contributed by atoms with van der Waals surface area (Å²) in [6, 6.07) is 11.1. The van der Waals surface area contributed by atoms with Gasteiger partial charge in [-0.15, -0.1) is 5.10 Å². The van der Waals surface area contributed by atoms with Gasteiger partial charge >= 0.3 is 0 Å². The number of sulfone groups is 1. The smallest absolute Gasteiger partial charge is 0.229 e. The molecule has 0 saturated heterocycles. The predicted octanol–water partition coefficient (Wildman–Crippen LogP) is 3.30. The van der Waals surface area contributed by atoms with Crippen molar-refractivity contribution in [3.8, 4) is 5.69 Å². The molecule has 1 aromatic heterocycles. The zero-order chi connectivity index (χ0) is 17.5. The van der Waals surface area contributed by atoms with Crippen LogP contribution in [0.25, 0.3) is 5.69 Å². The van der Waals surface area contributed by atoms with E-state index in [-0.39, 0.29) is 20.0 Å². The van der Waals surface area contributed by atoms with Gasteiger partial charge in [-0.2, -0.15) is 0 Å². The minimum absolute atomic E-state index is 0.0702. The van der Waals surface area contributed by atoms with Crippen molar-refractivity contribution < 1.29 is 8.42 Å². The Labute approximate surface area is 148 Å². The largest absolute Gasteiger partial charge is 0.399 e. The third-order valence-electron chi connectivity index (χ3n) is 3.43. The normalized spacial score (nSPS) is 11.6. The van der Waals surface area contributed by atoms with Crippen LogP contribution < -0.4 is 5.73 Å². The number of nitrogen functional groups attached to an aromatic ring is 1. The molecule has 1 heterocycles. The molecule has 0 unspecified atom stereocenters. The number of rotatable bonds is 3. The highest BCUT2D eigenvalue weighted by Crippen LogP contribution is 2.30. The molecule has 3 rings (SSSR count). The molecule has 3 aromatic rings. The summed E-state index contributed by atoms with van der Waals surface area (Å²) in [5.41, 5.74) is 7.25. The molecule has 6 nitrogen and oxygen atoms in total. The maximum absolute atomic E-state index is 12.8. The van der Waals surface area contributed by atoms with Crippen LogP contribution in [0.2, 0.25) is 10.0 Å². The van der Waals surface area contributed by atoms with E-state index in [0.717, 1.165) is 0 Å². The lowest BCUT2D eigenvalue weighted by molar-refractivity contribution is 0.591. The van der Waals surface area contributed by atoms with E-state index in [1.165, 1.54) is 22.9 Å². The Balaban J connectivity index is 2.13. The highest BCUT2D eigenvalue weighted by molar-refractivity contribution is 7.91. The highest BCUT2D eigenvalue weighted by atomic mass is 35.5. The van der Waals surface area contributed by atoms with E-state index in [2.05, 4.69) is 10.3 Å². The molecule has 2 N–H and O–H groups in total. The second kappa shape index (κ2) is 6.08. The van der Waals surface area contributed by atoms with Gasteiger partial charge in [-0.1, -0.05) is 28.4 Å². The Morgan fingerprint density at radius 2 is 1.75 bits per heavy atom. The van der Waals surface area contributed by atoms with Crippen LogP contribution in [0.15, 0.2) is 52.4 Å². The first kappa shape index (κ1) is 16.8. The summed E-state index contributed by atoms with van der Waals surface area (Å²) in [5.74, 6) is 0.